The monoisotopic (exact) mass is 194 g/mol. The summed E-state index contributed by atoms with van der Waals surface area (Å²) in [6.45, 7) is 0.890. The molecule has 0 saturated carbocycles. The first-order chi connectivity index (χ1) is 6.79. The van der Waals surface area contributed by atoms with Gasteiger partial charge in [0, 0.05) is 6.54 Å². The highest BCUT2D eigenvalue weighted by atomic mass is 16.2. The van der Waals surface area contributed by atoms with E-state index in [2.05, 4.69) is 12.2 Å². The molecule has 1 amide bonds. The molecule has 78 valence electrons. The van der Waals surface area contributed by atoms with Gasteiger partial charge in [0.2, 0.25) is 5.91 Å². The Morgan fingerprint density at radius 3 is 3.07 bits per heavy atom. The van der Waals surface area contributed by atoms with Gasteiger partial charge < -0.3 is 10.6 Å². The number of hydrogen-bond acceptors (Lipinski definition) is 2. The summed E-state index contributed by atoms with van der Waals surface area (Å²) in [6, 6.07) is 0.0446. The highest BCUT2D eigenvalue weighted by Crippen LogP contribution is 2.21. The van der Waals surface area contributed by atoms with Gasteiger partial charge in [-0.25, -0.2) is 0 Å². The third kappa shape index (κ3) is 1.82. The summed E-state index contributed by atoms with van der Waals surface area (Å²) < 4.78 is 0. The summed E-state index contributed by atoms with van der Waals surface area (Å²) in [6.07, 6.45) is 9.56. The Hall–Kier alpha value is -0.830. The first kappa shape index (κ1) is 9.71. The Morgan fingerprint density at radius 1 is 1.36 bits per heavy atom. The molecule has 2 rings (SSSR count). The van der Waals surface area contributed by atoms with Gasteiger partial charge in [-0.2, -0.15) is 0 Å². The standard InChI is InChI=1S/C11H18N2O/c12-10-7-2-1-5-9-6-3-4-8-13(9)11(10)14/h1,5,9-10H,2-4,6-8,12H2/b5-1-/t9?,10-/m0/s1. The number of nitrogens with two attached hydrogens (primary N) is 1. The van der Waals surface area contributed by atoms with E-state index in [0.717, 1.165) is 32.2 Å². The third-order valence-electron chi connectivity index (χ3n) is 3.15. The van der Waals surface area contributed by atoms with Crippen LogP contribution in [0.3, 0.4) is 0 Å². The van der Waals surface area contributed by atoms with Gasteiger partial charge >= 0.3 is 0 Å². The maximum absolute atomic E-state index is 11.9. The lowest BCUT2D eigenvalue weighted by Gasteiger charge is -2.36. The zero-order valence-corrected chi connectivity index (χ0v) is 8.48. The fraction of sp³-hybridized carbons (Fsp3) is 0.727. The van der Waals surface area contributed by atoms with E-state index in [1.165, 1.54) is 6.42 Å². The van der Waals surface area contributed by atoms with Crippen molar-refractivity contribution in [1.82, 2.24) is 4.90 Å². The summed E-state index contributed by atoms with van der Waals surface area (Å²) in [4.78, 5) is 13.9. The maximum atomic E-state index is 11.9. The molecule has 3 nitrogen and oxygen atoms in total. The number of carbonyl (C=O) groups is 1. The summed E-state index contributed by atoms with van der Waals surface area (Å²) in [7, 11) is 0. The lowest BCUT2D eigenvalue weighted by atomic mass is 9.97. The number of nitrogens with zero attached hydrogens (tertiary/aromatic N) is 1. The van der Waals surface area contributed by atoms with Crippen LogP contribution in [0.5, 0.6) is 0 Å². The van der Waals surface area contributed by atoms with Crippen molar-refractivity contribution in [2.24, 2.45) is 5.73 Å². The molecule has 2 heterocycles. The highest BCUT2D eigenvalue weighted by molar-refractivity contribution is 5.82. The van der Waals surface area contributed by atoms with Crippen molar-refractivity contribution in [3.05, 3.63) is 12.2 Å². The second-order valence-corrected chi connectivity index (χ2v) is 4.21. The molecule has 14 heavy (non-hydrogen) atoms. The predicted octanol–water partition coefficient (Wildman–Crippen LogP) is 1.04. The van der Waals surface area contributed by atoms with Crippen LogP contribution in [0.25, 0.3) is 0 Å². The molecule has 0 bridgehead atoms. The fourth-order valence-electron chi connectivity index (χ4n) is 2.30. The molecule has 0 aliphatic carbocycles. The van der Waals surface area contributed by atoms with Crippen LogP contribution in [0.1, 0.15) is 32.1 Å². The van der Waals surface area contributed by atoms with Crippen LogP contribution >= 0.6 is 0 Å². The molecule has 1 unspecified atom stereocenters. The fourth-order valence-corrected chi connectivity index (χ4v) is 2.30. The smallest absolute Gasteiger partial charge is 0.239 e. The molecular formula is C11H18N2O. The van der Waals surface area contributed by atoms with Gasteiger partial charge in [-0.3, -0.25) is 4.79 Å². The largest absolute Gasteiger partial charge is 0.335 e. The molecular weight excluding hydrogens is 176 g/mol. The van der Waals surface area contributed by atoms with Crippen molar-refractivity contribution in [1.29, 1.82) is 0 Å². The van der Waals surface area contributed by atoms with Crippen LogP contribution < -0.4 is 5.73 Å². The first-order valence-corrected chi connectivity index (χ1v) is 5.52. The molecule has 0 radical (unpaired) electrons. The van der Waals surface area contributed by atoms with Gasteiger partial charge in [-0.1, -0.05) is 12.2 Å². The van der Waals surface area contributed by atoms with E-state index < -0.39 is 0 Å². The maximum Gasteiger partial charge on any atom is 0.239 e. The minimum absolute atomic E-state index is 0.152. The van der Waals surface area contributed by atoms with Gasteiger partial charge in [-0.15, -0.1) is 0 Å². The summed E-state index contributed by atoms with van der Waals surface area (Å²) in [5.41, 5.74) is 5.83. The van der Waals surface area contributed by atoms with Crippen LogP contribution in [-0.2, 0) is 4.79 Å². The van der Waals surface area contributed by atoms with E-state index in [-0.39, 0.29) is 11.9 Å². The lowest BCUT2D eigenvalue weighted by molar-refractivity contribution is -0.135. The second kappa shape index (κ2) is 4.13. The molecule has 1 fully saturated rings. The summed E-state index contributed by atoms with van der Waals surface area (Å²) in [5, 5.41) is 0. The predicted molar refractivity (Wildman–Crippen MR) is 55.7 cm³/mol. The quantitative estimate of drug-likeness (QED) is 0.586. The minimum atomic E-state index is -0.277. The average Bonchev–Trinajstić information content (AvgIpc) is 2.22. The number of carbonyl (C=O) groups excluding carboxylic acids is 1. The van der Waals surface area contributed by atoms with Gasteiger partial charge in [0.05, 0.1) is 12.1 Å². The molecule has 2 aliphatic heterocycles. The van der Waals surface area contributed by atoms with Crippen LogP contribution in [0, 0.1) is 0 Å². The van der Waals surface area contributed by atoms with Crippen molar-refractivity contribution >= 4 is 5.91 Å². The van der Waals surface area contributed by atoms with E-state index in [0.29, 0.717) is 6.04 Å². The molecule has 0 aromatic carbocycles. The minimum Gasteiger partial charge on any atom is -0.335 e. The highest BCUT2D eigenvalue weighted by Gasteiger charge is 2.29. The Balaban J connectivity index is 2.16. The number of amides is 1. The van der Waals surface area contributed by atoms with Crippen molar-refractivity contribution in [2.45, 2.75) is 44.2 Å². The number of hydrogen-bond donors (Lipinski definition) is 1. The van der Waals surface area contributed by atoms with E-state index in [4.69, 9.17) is 5.73 Å². The van der Waals surface area contributed by atoms with E-state index in [9.17, 15) is 4.79 Å². The van der Waals surface area contributed by atoms with Gasteiger partial charge in [-0.05, 0) is 32.1 Å². The number of rotatable bonds is 0. The molecule has 2 aliphatic rings. The molecule has 0 aromatic rings. The average molecular weight is 194 g/mol. The van der Waals surface area contributed by atoms with Crippen LogP contribution in [0.2, 0.25) is 0 Å². The van der Waals surface area contributed by atoms with Crippen molar-refractivity contribution in [3.63, 3.8) is 0 Å². The Bertz CT molecular complexity index is 250. The summed E-state index contributed by atoms with van der Waals surface area (Å²) in [5.74, 6) is 0.152. The number of allylic oxidation sites excluding steroid dienone is 1. The van der Waals surface area contributed by atoms with Crippen LogP contribution in [0.4, 0.5) is 0 Å². The molecule has 1 saturated heterocycles. The molecule has 0 aromatic heterocycles. The zero-order valence-electron chi connectivity index (χ0n) is 8.48. The molecule has 0 spiro atoms. The Morgan fingerprint density at radius 2 is 2.21 bits per heavy atom. The SMILES string of the molecule is N[C@H]1CC/C=C\C2CCCCN2C1=O. The van der Waals surface area contributed by atoms with Gasteiger partial charge in [0.15, 0.2) is 0 Å². The van der Waals surface area contributed by atoms with Gasteiger partial charge in [0.1, 0.15) is 0 Å². The van der Waals surface area contributed by atoms with E-state index >= 15 is 0 Å². The third-order valence-corrected chi connectivity index (χ3v) is 3.15. The van der Waals surface area contributed by atoms with Crippen LogP contribution in [-0.4, -0.2) is 29.4 Å². The number of piperidine rings is 1. The molecule has 2 N–H and O–H groups in total. The van der Waals surface area contributed by atoms with Crippen molar-refractivity contribution in [3.8, 4) is 0 Å². The van der Waals surface area contributed by atoms with Gasteiger partial charge in [0.25, 0.3) is 0 Å². The second-order valence-electron chi connectivity index (χ2n) is 4.21. The topological polar surface area (TPSA) is 46.3 Å². The summed E-state index contributed by atoms with van der Waals surface area (Å²) >= 11 is 0. The molecule has 2 atom stereocenters. The molecule has 3 heteroatoms. The van der Waals surface area contributed by atoms with E-state index in [1.807, 2.05) is 4.90 Å². The first-order valence-electron chi connectivity index (χ1n) is 5.52. The van der Waals surface area contributed by atoms with Crippen LogP contribution in [0.15, 0.2) is 12.2 Å². The normalized spacial score (nSPS) is 35.8. The zero-order chi connectivity index (χ0) is 9.97. The Labute approximate surface area is 84.9 Å². The number of fused-ring (bicyclic) bond motifs is 1. The Kier molecular flexibility index (Phi) is 2.87. The van der Waals surface area contributed by atoms with Crippen molar-refractivity contribution in [2.75, 3.05) is 6.54 Å². The van der Waals surface area contributed by atoms with E-state index in [1.54, 1.807) is 0 Å². The lowest BCUT2D eigenvalue weighted by Crippen LogP contribution is -2.50. The van der Waals surface area contributed by atoms with Crippen molar-refractivity contribution < 1.29 is 4.79 Å².